The second-order valence-electron chi connectivity index (χ2n) is 5.98. The Morgan fingerprint density at radius 3 is 2.45 bits per heavy atom. The average Bonchev–Trinajstić information content (AvgIpc) is 2.48. The molecule has 1 aliphatic rings. The molecular formula is C17H26ClNO. The van der Waals surface area contributed by atoms with Gasteiger partial charge in [0.05, 0.1) is 12.2 Å². The van der Waals surface area contributed by atoms with Crippen LogP contribution in [0, 0.1) is 5.92 Å². The smallest absolute Gasteiger partial charge is 0.0810 e. The van der Waals surface area contributed by atoms with E-state index in [9.17, 15) is 0 Å². The highest BCUT2D eigenvalue weighted by Crippen LogP contribution is 2.36. The fraction of sp³-hybridized carbons (Fsp3) is 0.647. The molecule has 0 amide bonds. The normalized spacial score (nSPS) is 26.6. The van der Waals surface area contributed by atoms with Gasteiger partial charge in [-0.2, -0.15) is 0 Å². The molecule has 1 aromatic carbocycles. The Labute approximate surface area is 127 Å². The number of hydrogen-bond acceptors (Lipinski definition) is 2. The minimum absolute atomic E-state index is 0.0139. The molecule has 3 heteroatoms. The van der Waals surface area contributed by atoms with Crippen LogP contribution in [0.2, 0.25) is 5.02 Å². The summed E-state index contributed by atoms with van der Waals surface area (Å²) in [6, 6.07) is 7.96. The lowest BCUT2D eigenvalue weighted by Crippen LogP contribution is -2.45. The van der Waals surface area contributed by atoms with Crippen molar-refractivity contribution in [3.05, 3.63) is 34.9 Å². The van der Waals surface area contributed by atoms with Gasteiger partial charge in [0.2, 0.25) is 0 Å². The molecule has 112 valence electrons. The third-order valence-electron chi connectivity index (χ3n) is 4.55. The van der Waals surface area contributed by atoms with Crippen LogP contribution in [0.25, 0.3) is 0 Å². The molecular weight excluding hydrogens is 270 g/mol. The molecule has 1 aliphatic carbocycles. The van der Waals surface area contributed by atoms with Gasteiger partial charge in [0.1, 0.15) is 0 Å². The third kappa shape index (κ3) is 4.21. The van der Waals surface area contributed by atoms with Crippen LogP contribution < -0.4 is 5.32 Å². The summed E-state index contributed by atoms with van der Waals surface area (Å²) < 4.78 is 6.32. The predicted octanol–water partition coefficient (Wildman–Crippen LogP) is 4.42. The van der Waals surface area contributed by atoms with Crippen LogP contribution in [0.15, 0.2) is 24.3 Å². The fourth-order valence-electron chi connectivity index (χ4n) is 3.12. The van der Waals surface area contributed by atoms with Gasteiger partial charge in [-0.1, -0.05) is 37.1 Å². The number of nitrogens with one attached hydrogen (secondary N) is 1. The quantitative estimate of drug-likeness (QED) is 0.839. The first-order valence-corrected chi connectivity index (χ1v) is 8.08. The van der Waals surface area contributed by atoms with Gasteiger partial charge < -0.3 is 10.1 Å². The standard InChI is InChI=1S/C17H26ClNO/c1-3-14-8-10-17(11-9-14,13-19-2)20-12-15-4-6-16(18)7-5-15/h4-7,14,19H,3,8-13H2,1-2H3. The van der Waals surface area contributed by atoms with E-state index in [0.717, 1.165) is 17.5 Å². The van der Waals surface area contributed by atoms with E-state index in [1.165, 1.54) is 37.7 Å². The van der Waals surface area contributed by atoms with Gasteiger partial charge in [-0.25, -0.2) is 0 Å². The molecule has 1 fully saturated rings. The van der Waals surface area contributed by atoms with Crippen LogP contribution in [0.5, 0.6) is 0 Å². The van der Waals surface area contributed by atoms with E-state index < -0.39 is 0 Å². The summed E-state index contributed by atoms with van der Waals surface area (Å²) in [5.41, 5.74) is 1.21. The maximum absolute atomic E-state index is 6.32. The Kier molecular flexibility index (Phi) is 5.88. The average molecular weight is 296 g/mol. The monoisotopic (exact) mass is 295 g/mol. The minimum atomic E-state index is 0.0139. The van der Waals surface area contributed by atoms with Gasteiger partial charge in [0.15, 0.2) is 0 Å². The minimum Gasteiger partial charge on any atom is -0.369 e. The van der Waals surface area contributed by atoms with Gasteiger partial charge in [-0.15, -0.1) is 0 Å². The molecule has 0 aromatic heterocycles. The molecule has 0 saturated heterocycles. The third-order valence-corrected chi connectivity index (χ3v) is 4.80. The van der Waals surface area contributed by atoms with Crippen molar-refractivity contribution in [2.24, 2.45) is 5.92 Å². The van der Waals surface area contributed by atoms with Crippen LogP contribution in [0.1, 0.15) is 44.6 Å². The van der Waals surface area contributed by atoms with Crippen molar-refractivity contribution < 1.29 is 4.74 Å². The van der Waals surface area contributed by atoms with Crippen molar-refractivity contribution in [2.75, 3.05) is 13.6 Å². The van der Waals surface area contributed by atoms with Gasteiger partial charge >= 0.3 is 0 Å². The van der Waals surface area contributed by atoms with E-state index in [4.69, 9.17) is 16.3 Å². The first-order chi connectivity index (χ1) is 9.67. The van der Waals surface area contributed by atoms with Gasteiger partial charge in [0, 0.05) is 11.6 Å². The van der Waals surface area contributed by atoms with Crippen molar-refractivity contribution >= 4 is 11.6 Å². The topological polar surface area (TPSA) is 21.3 Å². The fourth-order valence-corrected chi connectivity index (χ4v) is 3.25. The Hall–Kier alpha value is -0.570. The van der Waals surface area contributed by atoms with E-state index in [-0.39, 0.29) is 5.60 Å². The van der Waals surface area contributed by atoms with Crippen LogP contribution in [-0.2, 0) is 11.3 Å². The Morgan fingerprint density at radius 2 is 1.90 bits per heavy atom. The lowest BCUT2D eigenvalue weighted by molar-refractivity contribution is -0.0853. The summed E-state index contributed by atoms with van der Waals surface area (Å²) in [5, 5.41) is 4.09. The number of likely N-dealkylation sites (N-methyl/N-ethyl adjacent to an activating group) is 1. The number of rotatable bonds is 6. The SMILES string of the molecule is CCC1CCC(CNC)(OCc2ccc(Cl)cc2)CC1. The second-order valence-corrected chi connectivity index (χ2v) is 6.42. The molecule has 1 N–H and O–H groups in total. The highest BCUT2D eigenvalue weighted by Gasteiger charge is 2.35. The molecule has 20 heavy (non-hydrogen) atoms. The first kappa shape index (κ1) is 15.8. The largest absolute Gasteiger partial charge is 0.369 e. The van der Waals surface area contributed by atoms with Crippen LogP contribution >= 0.6 is 11.6 Å². The summed E-state index contributed by atoms with van der Waals surface area (Å²) >= 11 is 5.92. The second kappa shape index (κ2) is 7.44. The van der Waals surface area contributed by atoms with E-state index in [0.29, 0.717) is 6.61 Å². The lowest BCUT2D eigenvalue weighted by Gasteiger charge is -2.40. The predicted molar refractivity (Wildman–Crippen MR) is 85.1 cm³/mol. The molecule has 0 radical (unpaired) electrons. The molecule has 0 aliphatic heterocycles. The van der Waals surface area contributed by atoms with Gasteiger partial charge in [-0.05, 0) is 56.3 Å². The molecule has 1 aromatic rings. The molecule has 0 unspecified atom stereocenters. The van der Waals surface area contributed by atoms with Crippen molar-refractivity contribution in [1.82, 2.24) is 5.32 Å². The van der Waals surface area contributed by atoms with Crippen LogP contribution in [-0.4, -0.2) is 19.2 Å². The van der Waals surface area contributed by atoms with Crippen molar-refractivity contribution in [2.45, 2.75) is 51.2 Å². The van der Waals surface area contributed by atoms with Crippen molar-refractivity contribution in [1.29, 1.82) is 0 Å². The van der Waals surface area contributed by atoms with Crippen LogP contribution in [0.4, 0.5) is 0 Å². The van der Waals surface area contributed by atoms with Gasteiger partial charge in [0.25, 0.3) is 0 Å². The Bertz CT molecular complexity index is 396. The molecule has 0 bridgehead atoms. The molecule has 0 heterocycles. The van der Waals surface area contributed by atoms with E-state index >= 15 is 0 Å². The molecule has 0 atom stereocenters. The number of hydrogen-bond donors (Lipinski definition) is 1. The maximum atomic E-state index is 6.32. The molecule has 2 nitrogen and oxygen atoms in total. The van der Waals surface area contributed by atoms with Gasteiger partial charge in [-0.3, -0.25) is 0 Å². The lowest BCUT2D eigenvalue weighted by atomic mass is 9.77. The molecule has 2 rings (SSSR count). The highest BCUT2D eigenvalue weighted by molar-refractivity contribution is 6.30. The summed E-state index contributed by atoms with van der Waals surface area (Å²) in [6.07, 6.45) is 6.21. The molecule has 0 spiro atoms. The Balaban J connectivity index is 1.93. The van der Waals surface area contributed by atoms with E-state index in [1.807, 2.05) is 31.3 Å². The maximum Gasteiger partial charge on any atom is 0.0810 e. The Morgan fingerprint density at radius 1 is 1.25 bits per heavy atom. The van der Waals surface area contributed by atoms with E-state index in [2.05, 4.69) is 12.2 Å². The number of halogens is 1. The zero-order valence-electron chi connectivity index (χ0n) is 12.6. The summed E-state index contributed by atoms with van der Waals surface area (Å²) in [6.45, 7) is 3.91. The number of ether oxygens (including phenoxy) is 1. The number of benzene rings is 1. The van der Waals surface area contributed by atoms with E-state index in [1.54, 1.807) is 0 Å². The highest BCUT2D eigenvalue weighted by atomic mass is 35.5. The first-order valence-electron chi connectivity index (χ1n) is 7.70. The summed E-state index contributed by atoms with van der Waals surface area (Å²) in [7, 11) is 2.01. The van der Waals surface area contributed by atoms with Crippen molar-refractivity contribution in [3.63, 3.8) is 0 Å². The zero-order valence-corrected chi connectivity index (χ0v) is 13.4. The summed E-state index contributed by atoms with van der Waals surface area (Å²) in [5.74, 6) is 0.888. The molecule has 1 saturated carbocycles. The van der Waals surface area contributed by atoms with Crippen molar-refractivity contribution in [3.8, 4) is 0 Å². The van der Waals surface area contributed by atoms with Crippen LogP contribution in [0.3, 0.4) is 0 Å². The zero-order chi connectivity index (χ0) is 14.4. The summed E-state index contributed by atoms with van der Waals surface area (Å²) in [4.78, 5) is 0.